The van der Waals surface area contributed by atoms with Gasteiger partial charge in [0, 0.05) is 12.6 Å². The zero-order valence-corrected chi connectivity index (χ0v) is 12.0. The maximum absolute atomic E-state index is 5.85. The van der Waals surface area contributed by atoms with Crippen LogP contribution in [0.1, 0.15) is 51.9 Å². The van der Waals surface area contributed by atoms with Gasteiger partial charge in [-0.1, -0.05) is 19.8 Å². The van der Waals surface area contributed by atoms with E-state index in [4.69, 9.17) is 4.74 Å². The van der Waals surface area contributed by atoms with Gasteiger partial charge in [0.05, 0.1) is 12.7 Å². The highest BCUT2D eigenvalue weighted by Crippen LogP contribution is 2.29. The Morgan fingerprint density at radius 2 is 2.06 bits per heavy atom. The summed E-state index contributed by atoms with van der Waals surface area (Å²) in [5.74, 6) is 0. The van der Waals surface area contributed by atoms with Crippen molar-refractivity contribution < 1.29 is 4.74 Å². The molecular weight excluding hydrogens is 224 g/mol. The lowest BCUT2D eigenvalue weighted by atomic mass is 10.1. The molecule has 2 unspecified atom stereocenters. The Balaban J connectivity index is 1.53. The fourth-order valence-electron chi connectivity index (χ4n) is 3.38. The summed E-state index contributed by atoms with van der Waals surface area (Å²) in [5.41, 5.74) is 0. The Labute approximate surface area is 112 Å². The third-order valence-corrected chi connectivity index (χ3v) is 4.40. The summed E-state index contributed by atoms with van der Waals surface area (Å²) in [7, 11) is 0. The first-order valence-corrected chi connectivity index (χ1v) is 7.98. The van der Waals surface area contributed by atoms with E-state index in [0.29, 0.717) is 6.10 Å². The second-order valence-corrected chi connectivity index (χ2v) is 5.71. The van der Waals surface area contributed by atoms with Crippen LogP contribution < -0.4 is 5.32 Å². The van der Waals surface area contributed by atoms with Crippen molar-refractivity contribution in [3.8, 4) is 0 Å². The average Bonchev–Trinajstić information content (AvgIpc) is 2.86. The minimum Gasteiger partial charge on any atom is -0.375 e. The number of nitrogens with zero attached hydrogens (tertiary/aromatic N) is 1. The largest absolute Gasteiger partial charge is 0.375 e. The Hall–Kier alpha value is -0.120. The second kappa shape index (κ2) is 8.13. The lowest BCUT2D eigenvalue weighted by Crippen LogP contribution is -2.48. The van der Waals surface area contributed by atoms with E-state index in [2.05, 4.69) is 17.1 Å². The highest BCUT2D eigenvalue weighted by atomic mass is 16.5. The summed E-state index contributed by atoms with van der Waals surface area (Å²) in [6.07, 6.45) is 10.1. The summed E-state index contributed by atoms with van der Waals surface area (Å²) in [6, 6.07) is 0.750. The summed E-state index contributed by atoms with van der Waals surface area (Å²) in [6.45, 7) is 7.90. The molecule has 0 aromatic heterocycles. The molecule has 0 radical (unpaired) electrons. The van der Waals surface area contributed by atoms with Crippen LogP contribution in [-0.4, -0.2) is 49.8 Å². The van der Waals surface area contributed by atoms with Gasteiger partial charge in [0.15, 0.2) is 0 Å². The van der Waals surface area contributed by atoms with Crippen molar-refractivity contribution in [2.24, 2.45) is 0 Å². The van der Waals surface area contributed by atoms with E-state index in [1.807, 2.05) is 0 Å². The third-order valence-electron chi connectivity index (χ3n) is 4.40. The first-order chi connectivity index (χ1) is 8.92. The normalized spacial score (nSPS) is 28.5. The molecule has 3 heteroatoms. The molecule has 2 aliphatic rings. The van der Waals surface area contributed by atoms with Gasteiger partial charge in [0.1, 0.15) is 0 Å². The van der Waals surface area contributed by atoms with Crippen molar-refractivity contribution in [1.29, 1.82) is 0 Å². The topological polar surface area (TPSA) is 24.5 Å². The number of hydrogen-bond donors (Lipinski definition) is 1. The molecule has 0 amide bonds. The SMILES string of the molecule is CCNCCCCCCN1CCOC2CCCC21. The molecule has 0 spiro atoms. The van der Waals surface area contributed by atoms with Crippen LogP contribution in [0.15, 0.2) is 0 Å². The van der Waals surface area contributed by atoms with Crippen LogP contribution in [0.3, 0.4) is 0 Å². The van der Waals surface area contributed by atoms with E-state index < -0.39 is 0 Å². The molecule has 1 saturated heterocycles. The lowest BCUT2D eigenvalue weighted by Gasteiger charge is -2.37. The highest BCUT2D eigenvalue weighted by molar-refractivity contribution is 4.89. The van der Waals surface area contributed by atoms with Gasteiger partial charge >= 0.3 is 0 Å². The van der Waals surface area contributed by atoms with E-state index in [1.165, 1.54) is 64.6 Å². The van der Waals surface area contributed by atoms with E-state index in [0.717, 1.165) is 19.2 Å². The zero-order valence-electron chi connectivity index (χ0n) is 12.0. The molecule has 1 heterocycles. The van der Waals surface area contributed by atoms with Crippen molar-refractivity contribution in [1.82, 2.24) is 10.2 Å². The number of morpholine rings is 1. The quantitative estimate of drug-likeness (QED) is 0.673. The molecule has 106 valence electrons. The molecule has 2 rings (SSSR count). The Kier molecular flexibility index (Phi) is 6.46. The Morgan fingerprint density at radius 3 is 2.94 bits per heavy atom. The van der Waals surface area contributed by atoms with Crippen LogP contribution in [0.5, 0.6) is 0 Å². The Bertz CT molecular complexity index is 223. The van der Waals surface area contributed by atoms with Crippen LogP contribution in [0.25, 0.3) is 0 Å². The van der Waals surface area contributed by atoms with Crippen LogP contribution in [0.2, 0.25) is 0 Å². The maximum atomic E-state index is 5.85. The van der Waals surface area contributed by atoms with Gasteiger partial charge in [0.2, 0.25) is 0 Å². The minimum absolute atomic E-state index is 0.563. The minimum atomic E-state index is 0.563. The van der Waals surface area contributed by atoms with E-state index in [9.17, 15) is 0 Å². The van der Waals surface area contributed by atoms with Crippen molar-refractivity contribution in [3.63, 3.8) is 0 Å². The fraction of sp³-hybridized carbons (Fsp3) is 1.00. The number of ether oxygens (including phenoxy) is 1. The molecule has 0 aromatic carbocycles. The van der Waals surface area contributed by atoms with Gasteiger partial charge < -0.3 is 10.1 Å². The number of rotatable bonds is 8. The predicted molar refractivity (Wildman–Crippen MR) is 76.0 cm³/mol. The second-order valence-electron chi connectivity index (χ2n) is 5.71. The van der Waals surface area contributed by atoms with Gasteiger partial charge in [-0.05, 0) is 51.7 Å². The standard InChI is InChI=1S/C15H30N2O/c1-2-16-10-5-3-4-6-11-17-12-13-18-15-9-7-8-14(15)17/h14-16H,2-13H2,1H3. The van der Waals surface area contributed by atoms with E-state index >= 15 is 0 Å². The summed E-state index contributed by atoms with van der Waals surface area (Å²) in [5, 5.41) is 3.39. The van der Waals surface area contributed by atoms with E-state index in [1.54, 1.807) is 0 Å². The van der Waals surface area contributed by atoms with Gasteiger partial charge in [-0.15, -0.1) is 0 Å². The average molecular weight is 254 g/mol. The molecule has 2 fully saturated rings. The highest BCUT2D eigenvalue weighted by Gasteiger charge is 2.35. The van der Waals surface area contributed by atoms with Crippen LogP contribution >= 0.6 is 0 Å². The van der Waals surface area contributed by atoms with Crippen molar-refractivity contribution in [2.45, 2.75) is 64.0 Å². The van der Waals surface area contributed by atoms with Gasteiger partial charge in [0.25, 0.3) is 0 Å². The van der Waals surface area contributed by atoms with Crippen molar-refractivity contribution in [2.75, 3.05) is 32.8 Å². The summed E-state index contributed by atoms with van der Waals surface area (Å²) >= 11 is 0. The van der Waals surface area contributed by atoms with Crippen molar-refractivity contribution >= 4 is 0 Å². The molecule has 0 bridgehead atoms. The molecule has 1 aliphatic heterocycles. The molecule has 1 N–H and O–H groups in total. The Morgan fingerprint density at radius 1 is 1.17 bits per heavy atom. The van der Waals surface area contributed by atoms with Crippen molar-refractivity contribution in [3.05, 3.63) is 0 Å². The lowest BCUT2D eigenvalue weighted by molar-refractivity contribution is -0.0558. The molecule has 0 aromatic rings. The smallest absolute Gasteiger partial charge is 0.0730 e. The summed E-state index contributed by atoms with van der Waals surface area (Å²) < 4.78 is 5.85. The molecule has 18 heavy (non-hydrogen) atoms. The molecule has 3 nitrogen and oxygen atoms in total. The van der Waals surface area contributed by atoms with Crippen LogP contribution in [-0.2, 0) is 4.74 Å². The molecule has 1 aliphatic carbocycles. The number of nitrogens with one attached hydrogen (secondary N) is 1. The molecular formula is C15H30N2O. The first-order valence-electron chi connectivity index (χ1n) is 7.98. The van der Waals surface area contributed by atoms with Gasteiger partial charge in [-0.25, -0.2) is 0 Å². The fourth-order valence-corrected chi connectivity index (χ4v) is 3.38. The predicted octanol–water partition coefficient (Wildman–Crippen LogP) is 2.41. The number of fused-ring (bicyclic) bond motifs is 1. The molecule has 2 atom stereocenters. The third kappa shape index (κ3) is 4.22. The first kappa shape index (κ1) is 14.3. The summed E-state index contributed by atoms with van der Waals surface area (Å²) in [4.78, 5) is 2.70. The van der Waals surface area contributed by atoms with Crippen LogP contribution in [0.4, 0.5) is 0 Å². The maximum Gasteiger partial charge on any atom is 0.0730 e. The monoisotopic (exact) mass is 254 g/mol. The number of hydrogen-bond acceptors (Lipinski definition) is 3. The number of unbranched alkanes of at least 4 members (excludes halogenated alkanes) is 3. The zero-order chi connectivity index (χ0) is 12.6. The van der Waals surface area contributed by atoms with E-state index in [-0.39, 0.29) is 0 Å². The van der Waals surface area contributed by atoms with Crippen LogP contribution in [0, 0.1) is 0 Å². The van der Waals surface area contributed by atoms with Gasteiger partial charge in [-0.2, -0.15) is 0 Å². The molecule has 1 saturated carbocycles. The van der Waals surface area contributed by atoms with Gasteiger partial charge in [-0.3, -0.25) is 4.90 Å².